The third-order valence-electron chi connectivity index (χ3n) is 2.90. The van der Waals surface area contributed by atoms with Crippen molar-refractivity contribution in [2.24, 2.45) is 0 Å². The van der Waals surface area contributed by atoms with Gasteiger partial charge in [-0.1, -0.05) is 12.6 Å². The number of alkyl halides is 3. The smallest absolute Gasteiger partial charge is 0.416 e. The highest BCUT2D eigenvalue weighted by atomic mass is 19.4. The molecule has 0 atom stereocenters. The molecule has 6 heteroatoms. The van der Waals surface area contributed by atoms with Gasteiger partial charge in [0.15, 0.2) is 5.76 Å². The van der Waals surface area contributed by atoms with Gasteiger partial charge in [0.05, 0.1) is 12.0 Å². The fraction of sp³-hybridized carbons (Fsp3) is 0.188. The summed E-state index contributed by atoms with van der Waals surface area (Å²) in [4.78, 5) is 11.9. The first-order valence-electron chi connectivity index (χ1n) is 6.47. The molecule has 2 aromatic rings. The molecule has 22 heavy (non-hydrogen) atoms. The van der Waals surface area contributed by atoms with Gasteiger partial charge in [-0.05, 0) is 37.3 Å². The van der Waals surface area contributed by atoms with Crippen LogP contribution < -0.4 is 5.32 Å². The number of carbonyl (C=O) groups is 1. The number of nitrogens with one attached hydrogen (secondary N) is 1. The Bertz CT molecular complexity index is 701. The maximum atomic E-state index is 12.6. The number of ketones is 1. The average Bonchev–Trinajstić information content (AvgIpc) is 2.84. The molecule has 0 aliphatic rings. The van der Waals surface area contributed by atoms with E-state index in [1.54, 1.807) is 19.1 Å². The fourth-order valence-corrected chi connectivity index (χ4v) is 1.89. The van der Waals surface area contributed by atoms with E-state index in [2.05, 4.69) is 11.9 Å². The van der Waals surface area contributed by atoms with E-state index in [1.165, 1.54) is 12.1 Å². The summed E-state index contributed by atoms with van der Waals surface area (Å²) in [7, 11) is 0. The van der Waals surface area contributed by atoms with Crippen LogP contribution in [0.2, 0.25) is 0 Å². The predicted octanol–water partition coefficient (Wildman–Crippen LogP) is 4.81. The van der Waals surface area contributed by atoms with Crippen molar-refractivity contribution in [3.05, 3.63) is 65.8 Å². The number of furan rings is 1. The standard InChI is InChI=1S/C16H14F3NO2/c1-10(8-14(21)15-7-6-11(2)22-15)20-13-5-3-4-12(9-13)16(17,18)19/h3-7,9,20H,1,8H2,2H3. The van der Waals surface area contributed by atoms with E-state index in [-0.39, 0.29) is 23.7 Å². The van der Waals surface area contributed by atoms with Gasteiger partial charge in [0.2, 0.25) is 5.78 Å². The molecule has 0 amide bonds. The van der Waals surface area contributed by atoms with Gasteiger partial charge in [-0.15, -0.1) is 0 Å². The topological polar surface area (TPSA) is 42.2 Å². The summed E-state index contributed by atoms with van der Waals surface area (Å²) in [6, 6.07) is 7.92. The summed E-state index contributed by atoms with van der Waals surface area (Å²) in [5.74, 6) is 0.516. The van der Waals surface area contributed by atoms with Crippen LogP contribution >= 0.6 is 0 Å². The van der Waals surface area contributed by atoms with Crippen LogP contribution in [0.4, 0.5) is 18.9 Å². The molecular formula is C16H14F3NO2. The van der Waals surface area contributed by atoms with Crippen LogP contribution in [0.3, 0.4) is 0 Å². The zero-order valence-corrected chi connectivity index (χ0v) is 11.8. The quantitative estimate of drug-likeness (QED) is 0.806. The van der Waals surface area contributed by atoms with Crippen molar-refractivity contribution in [2.45, 2.75) is 19.5 Å². The highest BCUT2D eigenvalue weighted by molar-refractivity contribution is 5.95. The summed E-state index contributed by atoms with van der Waals surface area (Å²) in [5, 5.41) is 2.70. The number of hydrogen-bond acceptors (Lipinski definition) is 3. The second-order valence-corrected chi connectivity index (χ2v) is 4.82. The van der Waals surface area contributed by atoms with Crippen molar-refractivity contribution in [2.75, 3.05) is 5.32 Å². The van der Waals surface area contributed by atoms with E-state index in [0.717, 1.165) is 12.1 Å². The van der Waals surface area contributed by atoms with Gasteiger partial charge >= 0.3 is 6.18 Å². The second-order valence-electron chi connectivity index (χ2n) is 4.82. The van der Waals surface area contributed by atoms with Crippen molar-refractivity contribution in [3.8, 4) is 0 Å². The van der Waals surface area contributed by atoms with Crippen LogP contribution in [0.15, 0.2) is 53.1 Å². The lowest BCUT2D eigenvalue weighted by atomic mass is 10.1. The van der Waals surface area contributed by atoms with Gasteiger partial charge in [-0.25, -0.2) is 0 Å². The molecule has 0 spiro atoms. The lowest BCUT2D eigenvalue weighted by Crippen LogP contribution is -2.08. The Labute approximate surface area is 125 Å². The molecular weight excluding hydrogens is 295 g/mol. The van der Waals surface area contributed by atoms with Crippen molar-refractivity contribution in [1.82, 2.24) is 0 Å². The SMILES string of the molecule is C=C(CC(=O)c1ccc(C)o1)Nc1cccc(C(F)(F)F)c1. The van der Waals surface area contributed by atoms with E-state index in [0.29, 0.717) is 11.5 Å². The van der Waals surface area contributed by atoms with Crippen LogP contribution in [0.1, 0.15) is 28.3 Å². The van der Waals surface area contributed by atoms with Gasteiger partial charge in [-0.3, -0.25) is 4.79 Å². The molecule has 1 aromatic carbocycles. The third kappa shape index (κ3) is 4.00. The summed E-state index contributed by atoms with van der Waals surface area (Å²) in [5.41, 5.74) is -0.250. The third-order valence-corrected chi connectivity index (χ3v) is 2.90. The number of aryl methyl sites for hydroxylation is 1. The number of benzene rings is 1. The Hall–Kier alpha value is -2.50. The average molecular weight is 309 g/mol. The number of hydrogen-bond donors (Lipinski definition) is 1. The molecule has 0 radical (unpaired) electrons. The molecule has 2 rings (SSSR count). The molecule has 0 saturated carbocycles. The van der Waals surface area contributed by atoms with Crippen LogP contribution in [0.5, 0.6) is 0 Å². The molecule has 1 N–H and O–H groups in total. The Kier molecular flexibility index (Phi) is 4.40. The number of anilines is 1. The first kappa shape index (κ1) is 15.9. The Balaban J connectivity index is 2.02. The monoisotopic (exact) mass is 309 g/mol. The molecule has 0 bridgehead atoms. The van der Waals surface area contributed by atoms with Crippen molar-refractivity contribution in [3.63, 3.8) is 0 Å². The second kappa shape index (κ2) is 6.09. The van der Waals surface area contributed by atoms with Gasteiger partial charge in [0.1, 0.15) is 5.76 Å². The lowest BCUT2D eigenvalue weighted by Gasteiger charge is -2.11. The van der Waals surface area contributed by atoms with Crippen molar-refractivity contribution < 1.29 is 22.4 Å². The summed E-state index contributed by atoms with van der Waals surface area (Å²) in [6.07, 6.45) is -4.48. The molecule has 1 aromatic heterocycles. The zero-order valence-electron chi connectivity index (χ0n) is 11.8. The van der Waals surface area contributed by atoms with Gasteiger partial charge in [0, 0.05) is 11.4 Å². The summed E-state index contributed by atoms with van der Waals surface area (Å²) < 4.78 is 43.1. The number of allylic oxidation sites excluding steroid dienone is 1. The van der Waals surface area contributed by atoms with E-state index >= 15 is 0 Å². The van der Waals surface area contributed by atoms with Gasteiger partial charge in [-0.2, -0.15) is 13.2 Å². The first-order valence-corrected chi connectivity index (χ1v) is 6.47. The van der Waals surface area contributed by atoms with E-state index in [1.807, 2.05) is 0 Å². The van der Waals surface area contributed by atoms with E-state index in [9.17, 15) is 18.0 Å². The maximum Gasteiger partial charge on any atom is 0.416 e. The summed E-state index contributed by atoms with van der Waals surface area (Å²) >= 11 is 0. The van der Waals surface area contributed by atoms with Crippen LogP contribution in [0, 0.1) is 6.92 Å². The Morgan fingerprint density at radius 2 is 2.00 bits per heavy atom. The molecule has 0 unspecified atom stereocenters. The first-order chi connectivity index (χ1) is 10.3. The molecule has 116 valence electrons. The minimum absolute atomic E-state index is 0.0663. The molecule has 0 aliphatic heterocycles. The molecule has 0 fully saturated rings. The Morgan fingerprint density at radius 1 is 1.27 bits per heavy atom. The highest BCUT2D eigenvalue weighted by Crippen LogP contribution is 2.31. The number of halogens is 3. The summed E-state index contributed by atoms with van der Waals surface area (Å²) in [6.45, 7) is 5.37. The molecule has 0 aliphatic carbocycles. The molecule has 3 nitrogen and oxygen atoms in total. The highest BCUT2D eigenvalue weighted by Gasteiger charge is 2.30. The number of Topliss-reactive ketones (excluding diaryl/α,β-unsaturated/α-hetero) is 1. The van der Waals surface area contributed by atoms with Gasteiger partial charge in [0.25, 0.3) is 0 Å². The number of rotatable bonds is 5. The van der Waals surface area contributed by atoms with Crippen LogP contribution in [-0.2, 0) is 6.18 Å². The maximum absolute atomic E-state index is 12.6. The Morgan fingerprint density at radius 3 is 2.59 bits per heavy atom. The van der Waals surface area contributed by atoms with Gasteiger partial charge < -0.3 is 9.73 Å². The minimum Gasteiger partial charge on any atom is -0.458 e. The van der Waals surface area contributed by atoms with Crippen molar-refractivity contribution in [1.29, 1.82) is 0 Å². The minimum atomic E-state index is -4.42. The van der Waals surface area contributed by atoms with Crippen LogP contribution in [-0.4, -0.2) is 5.78 Å². The molecule has 0 saturated heterocycles. The fourth-order valence-electron chi connectivity index (χ4n) is 1.89. The predicted molar refractivity (Wildman–Crippen MR) is 76.6 cm³/mol. The van der Waals surface area contributed by atoms with E-state index < -0.39 is 11.7 Å². The molecule has 1 heterocycles. The zero-order chi connectivity index (χ0) is 16.3. The number of carbonyl (C=O) groups excluding carboxylic acids is 1. The lowest BCUT2D eigenvalue weighted by molar-refractivity contribution is -0.137. The van der Waals surface area contributed by atoms with Crippen LogP contribution in [0.25, 0.3) is 0 Å². The van der Waals surface area contributed by atoms with E-state index in [4.69, 9.17) is 4.42 Å². The normalized spacial score (nSPS) is 11.3. The van der Waals surface area contributed by atoms with Crippen molar-refractivity contribution >= 4 is 11.5 Å². The largest absolute Gasteiger partial charge is 0.458 e.